The SMILES string of the molecule is N#CCOc1ccccc1CNc1ccc(F)cc1. The van der Waals surface area contributed by atoms with Crippen molar-refractivity contribution in [2.45, 2.75) is 6.54 Å². The summed E-state index contributed by atoms with van der Waals surface area (Å²) in [5.41, 5.74) is 1.78. The van der Waals surface area contributed by atoms with Gasteiger partial charge in [-0.1, -0.05) is 18.2 Å². The van der Waals surface area contributed by atoms with Crippen LogP contribution >= 0.6 is 0 Å². The van der Waals surface area contributed by atoms with Crippen LogP contribution in [0.15, 0.2) is 48.5 Å². The lowest BCUT2D eigenvalue weighted by Crippen LogP contribution is -2.03. The van der Waals surface area contributed by atoms with Gasteiger partial charge in [0.1, 0.15) is 17.6 Å². The summed E-state index contributed by atoms with van der Waals surface area (Å²) < 4.78 is 18.1. The second-order valence-corrected chi connectivity index (χ2v) is 3.91. The fourth-order valence-corrected chi connectivity index (χ4v) is 1.67. The number of benzene rings is 2. The van der Waals surface area contributed by atoms with Crippen LogP contribution in [0, 0.1) is 17.1 Å². The van der Waals surface area contributed by atoms with Crippen molar-refractivity contribution >= 4 is 5.69 Å². The molecule has 0 bridgehead atoms. The van der Waals surface area contributed by atoms with Gasteiger partial charge in [0.2, 0.25) is 0 Å². The van der Waals surface area contributed by atoms with E-state index in [9.17, 15) is 4.39 Å². The molecular formula is C15H13FN2O. The topological polar surface area (TPSA) is 45.0 Å². The van der Waals surface area contributed by atoms with Crippen LogP contribution in [0.3, 0.4) is 0 Å². The smallest absolute Gasteiger partial charge is 0.174 e. The van der Waals surface area contributed by atoms with Crippen molar-refractivity contribution in [1.29, 1.82) is 5.26 Å². The lowest BCUT2D eigenvalue weighted by molar-refractivity contribution is 0.364. The van der Waals surface area contributed by atoms with Crippen LogP contribution in [0.25, 0.3) is 0 Å². The van der Waals surface area contributed by atoms with Gasteiger partial charge >= 0.3 is 0 Å². The molecule has 0 radical (unpaired) electrons. The molecule has 0 unspecified atom stereocenters. The van der Waals surface area contributed by atoms with Crippen molar-refractivity contribution in [3.63, 3.8) is 0 Å². The number of hydrogen-bond acceptors (Lipinski definition) is 3. The molecule has 2 aromatic carbocycles. The number of para-hydroxylation sites is 1. The molecule has 0 amide bonds. The third-order valence-electron chi connectivity index (χ3n) is 2.59. The summed E-state index contributed by atoms with van der Waals surface area (Å²) in [7, 11) is 0. The molecule has 96 valence electrons. The Morgan fingerprint density at radius 1 is 1.11 bits per heavy atom. The number of hydrogen-bond donors (Lipinski definition) is 1. The molecule has 0 saturated heterocycles. The van der Waals surface area contributed by atoms with Gasteiger partial charge in [-0.25, -0.2) is 4.39 Å². The number of nitrogens with zero attached hydrogens (tertiary/aromatic N) is 1. The normalized spacial score (nSPS) is 9.68. The molecule has 2 rings (SSSR count). The average Bonchev–Trinajstić information content (AvgIpc) is 2.45. The summed E-state index contributed by atoms with van der Waals surface area (Å²) in [4.78, 5) is 0. The molecule has 2 aromatic rings. The minimum absolute atomic E-state index is 0.0214. The Balaban J connectivity index is 2.03. The lowest BCUT2D eigenvalue weighted by atomic mass is 10.2. The highest BCUT2D eigenvalue weighted by Crippen LogP contribution is 2.19. The zero-order chi connectivity index (χ0) is 13.5. The maximum atomic E-state index is 12.8. The molecule has 4 heteroatoms. The van der Waals surface area contributed by atoms with Gasteiger partial charge in [-0.15, -0.1) is 0 Å². The van der Waals surface area contributed by atoms with Gasteiger partial charge in [0, 0.05) is 17.8 Å². The van der Waals surface area contributed by atoms with E-state index in [1.807, 2.05) is 30.3 Å². The van der Waals surface area contributed by atoms with Crippen LogP contribution in [0.5, 0.6) is 5.75 Å². The Morgan fingerprint density at radius 3 is 2.58 bits per heavy atom. The van der Waals surface area contributed by atoms with Gasteiger partial charge in [0.15, 0.2) is 6.61 Å². The lowest BCUT2D eigenvalue weighted by Gasteiger charge is -2.11. The third-order valence-corrected chi connectivity index (χ3v) is 2.59. The Hall–Kier alpha value is -2.54. The van der Waals surface area contributed by atoms with Crippen LogP contribution in [0.1, 0.15) is 5.56 Å². The van der Waals surface area contributed by atoms with Crippen molar-refractivity contribution in [2.24, 2.45) is 0 Å². The number of ether oxygens (including phenoxy) is 1. The van der Waals surface area contributed by atoms with Crippen molar-refractivity contribution in [2.75, 3.05) is 11.9 Å². The standard InChI is InChI=1S/C15H13FN2O/c16-13-5-7-14(8-6-13)18-11-12-3-1-2-4-15(12)19-10-9-17/h1-8,18H,10-11H2. The summed E-state index contributed by atoms with van der Waals surface area (Å²) in [6.45, 7) is 0.570. The minimum Gasteiger partial charge on any atom is -0.478 e. The summed E-state index contributed by atoms with van der Waals surface area (Å²) in [6.07, 6.45) is 0. The Bertz CT molecular complexity index is 575. The van der Waals surface area contributed by atoms with Gasteiger partial charge < -0.3 is 10.1 Å². The first-order valence-corrected chi connectivity index (χ1v) is 5.86. The van der Waals surface area contributed by atoms with E-state index in [2.05, 4.69) is 5.32 Å². The fraction of sp³-hybridized carbons (Fsp3) is 0.133. The highest BCUT2D eigenvalue weighted by atomic mass is 19.1. The molecule has 0 aliphatic rings. The van der Waals surface area contributed by atoms with Gasteiger partial charge in [-0.3, -0.25) is 0 Å². The molecule has 19 heavy (non-hydrogen) atoms. The molecule has 0 spiro atoms. The molecule has 0 aliphatic carbocycles. The van der Waals surface area contributed by atoms with Gasteiger partial charge in [0.05, 0.1) is 0 Å². The molecule has 0 fully saturated rings. The van der Waals surface area contributed by atoms with Crippen LogP contribution in [-0.4, -0.2) is 6.61 Å². The molecule has 0 aliphatic heterocycles. The summed E-state index contributed by atoms with van der Waals surface area (Å²) in [5.74, 6) is 0.418. The van der Waals surface area contributed by atoms with Crippen LogP contribution in [-0.2, 0) is 6.54 Å². The zero-order valence-electron chi connectivity index (χ0n) is 10.3. The van der Waals surface area contributed by atoms with E-state index in [1.165, 1.54) is 12.1 Å². The summed E-state index contributed by atoms with van der Waals surface area (Å²) in [6, 6.07) is 15.6. The predicted molar refractivity (Wildman–Crippen MR) is 71.3 cm³/mol. The Labute approximate surface area is 111 Å². The zero-order valence-corrected chi connectivity index (χ0v) is 10.3. The van der Waals surface area contributed by atoms with E-state index < -0.39 is 0 Å². The van der Waals surface area contributed by atoms with Gasteiger partial charge in [-0.05, 0) is 30.3 Å². The van der Waals surface area contributed by atoms with Crippen LogP contribution in [0.2, 0.25) is 0 Å². The van der Waals surface area contributed by atoms with Crippen molar-refractivity contribution < 1.29 is 9.13 Å². The van der Waals surface area contributed by atoms with Crippen molar-refractivity contribution in [1.82, 2.24) is 0 Å². The fourth-order valence-electron chi connectivity index (χ4n) is 1.67. The monoisotopic (exact) mass is 256 g/mol. The molecule has 0 aromatic heterocycles. The Kier molecular flexibility index (Phi) is 4.35. The summed E-state index contributed by atoms with van der Waals surface area (Å²) in [5, 5.41) is 11.7. The van der Waals surface area contributed by atoms with Crippen molar-refractivity contribution in [3.8, 4) is 11.8 Å². The van der Waals surface area contributed by atoms with Gasteiger partial charge in [-0.2, -0.15) is 5.26 Å². The number of halogens is 1. The highest BCUT2D eigenvalue weighted by Gasteiger charge is 2.02. The van der Waals surface area contributed by atoms with E-state index in [0.29, 0.717) is 12.3 Å². The second kappa shape index (κ2) is 6.41. The first kappa shape index (κ1) is 12.9. The van der Waals surface area contributed by atoms with Crippen molar-refractivity contribution in [3.05, 3.63) is 59.9 Å². The number of anilines is 1. The second-order valence-electron chi connectivity index (χ2n) is 3.91. The number of rotatable bonds is 5. The van der Waals surface area contributed by atoms with E-state index in [-0.39, 0.29) is 12.4 Å². The average molecular weight is 256 g/mol. The van der Waals surface area contributed by atoms with E-state index in [0.717, 1.165) is 11.3 Å². The minimum atomic E-state index is -0.261. The Morgan fingerprint density at radius 2 is 1.84 bits per heavy atom. The quantitative estimate of drug-likeness (QED) is 0.892. The third kappa shape index (κ3) is 3.71. The molecule has 3 nitrogen and oxygen atoms in total. The molecule has 0 heterocycles. The molecule has 0 saturated carbocycles. The maximum absolute atomic E-state index is 12.8. The first-order chi connectivity index (χ1) is 9.29. The van der Waals surface area contributed by atoms with E-state index >= 15 is 0 Å². The van der Waals surface area contributed by atoms with Gasteiger partial charge in [0.25, 0.3) is 0 Å². The largest absolute Gasteiger partial charge is 0.478 e. The molecule has 1 N–H and O–H groups in total. The van der Waals surface area contributed by atoms with Crippen LogP contribution < -0.4 is 10.1 Å². The predicted octanol–water partition coefficient (Wildman–Crippen LogP) is 3.34. The molecular weight excluding hydrogens is 243 g/mol. The van der Waals surface area contributed by atoms with E-state index in [1.54, 1.807) is 12.1 Å². The summed E-state index contributed by atoms with van der Waals surface area (Å²) >= 11 is 0. The highest BCUT2D eigenvalue weighted by molar-refractivity contribution is 5.45. The number of nitrogens with one attached hydrogen (secondary N) is 1. The molecule has 0 atom stereocenters. The first-order valence-electron chi connectivity index (χ1n) is 5.86. The van der Waals surface area contributed by atoms with E-state index in [4.69, 9.17) is 10.00 Å². The number of nitriles is 1. The maximum Gasteiger partial charge on any atom is 0.174 e. The van der Waals surface area contributed by atoms with Crippen LogP contribution in [0.4, 0.5) is 10.1 Å².